The van der Waals surface area contributed by atoms with E-state index in [4.69, 9.17) is 5.11 Å². The fourth-order valence-corrected chi connectivity index (χ4v) is 1.82. The minimum Gasteiger partial charge on any atom is -0.390 e. The normalized spacial score (nSPS) is 10.6. The van der Waals surface area contributed by atoms with Crippen LogP contribution in [0.2, 0.25) is 0 Å². The standard InChI is InChI=1S/C7H7N5O3S/c13-3-5-4-16-7(9-5)2-11-8-1-6(10-11)12(14)15/h1,4,13H,2-3H2. The summed E-state index contributed by atoms with van der Waals surface area (Å²) in [6, 6.07) is 0. The summed E-state index contributed by atoms with van der Waals surface area (Å²) >= 11 is 1.34. The van der Waals surface area contributed by atoms with Gasteiger partial charge in [0, 0.05) is 5.38 Å². The van der Waals surface area contributed by atoms with Crippen molar-refractivity contribution in [3.8, 4) is 0 Å². The zero-order valence-corrected chi connectivity index (χ0v) is 8.79. The van der Waals surface area contributed by atoms with Crippen LogP contribution in [0.1, 0.15) is 10.7 Å². The molecular weight excluding hydrogens is 234 g/mol. The summed E-state index contributed by atoms with van der Waals surface area (Å²) in [6.45, 7) is 0.141. The maximum Gasteiger partial charge on any atom is 0.410 e. The van der Waals surface area contributed by atoms with Gasteiger partial charge in [0.1, 0.15) is 11.6 Å². The van der Waals surface area contributed by atoms with Crippen LogP contribution in [0.25, 0.3) is 0 Å². The van der Waals surface area contributed by atoms with Crippen LogP contribution in [-0.2, 0) is 13.2 Å². The molecule has 84 valence electrons. The number of hydrogen-bond acceptors (Lipinski definition) is 7. The number of aromatic nitrogens is 4. The summed E-state index contributed by atoms with van der Waals surface area (Å²) in [5.74, 6) is -0.293. The van der Waals surface area contributed by atoms with Crippen LogP contribution in [0.4, 0.5) is 5.82 Å². The molecule has 0 amide bonds. The quantitative estimate of drug-likeness (QED) is 0.604. The number of aliphatic hydroxyl groups excluding tert-OH is 1. The van der Waals surface area contributed by atoms with Gasteiger partial charge in [0.15, 0.2) is 6.20 Å². The Bertz CT molecular complexity index is 508. The molecule has 8 nitrogen and oxygen atoms in total. The Hall–Kier alpha value is -1.87. The van der Waals surface area contributed by atoms with Gasteiger partial charge in [0.2, 0.25) is 0 Å². The highest BCUT2D eigenvalue weighted by Gasteiger charge is 2.13. The van der Waals surface area contributed by atoms with Crippen molar-refractivity contribution in [1.29, 1.82) is 0 Å². The van der Waals surface area contributed by atoms with Gasteiger partial charge in [0.25, 0.3) is 0 Å². The number of hydrogen-bond donors (Lipinski definition) is 1. The van der Waals surface area contributed by atoms with Crippen molar-refractivity contribution in [2.24, 2.45) is 0 Å². The van der Waals surface area contributed by atoms with Gasteiger partial charge in [0.05, 0.1) is 17.4 Å². The van der Waals surface area contributed by atoms with E-state index in [1.165, 1.54) is 16.1 Å². The molecule has 0 spiro atoms. The molecule has 0 fully saturated rings. The maximum absolute atomic E-state index is 10.4. The Morgan fingerprint density at radius 2 is 2.44 bits per heavy atom. The average Bonchev–Trinajstić information content (AvgIpc) is 2.87. The second-order valence-corrected chi connectivity index (χ2v) is 3.82. The van der Waals surface area contributed by atoms with E-state index in [2.05, 4.69) is 15.2 Å². The third-order valence-electron chi connectivity index (χ3n) is 1.75. The van der Waals surface area contributed by atoms with Crippen LogP contribution < -0.4 is 0 Å². The topological polar surface area (TPSA) is 107 Å². The summed E-state index contributed by atoms with van der Waals surface area (Å²) in [5.41, 5.74) is 0.571. The molecule has 0 atom stereocenters. The number of thiazole rings is 1. The summed E-state index contributed by atoms with van der Waals surface area (Å²) in [5, 5.41) is 29.0. The van der Waals surface area contributed by atoms with E-state index in [-0.39, 0.29) is 19.0 Å². The molecule has 0 aromatic carbocycles. The van der Waals surface area contributed by atoms with E-state index in [1.807, 2.05) is 0 Å². The third kappa shape index (κ3) is 2.20. The summed E-state index contributed by atoms with van der Waals surface area (Å²) < 4.78 is 0. The van der Waals surface area contributed by atoms with E-state index < -0.39 is 4.92 Å². The largest absolute Gasteiger partial charge is 0.410 e. The number of aliphatic hydroxyl groups is 1. The number of rotatable bonds is 4. The van der Waals surface area contributed by atoms with Gasteiger partial charge in [-0.25, -0.2) is 4.98 Å². The molecular formula is C7H7N5O3S. The Balaban J connectivity index is 2.11. The highest BCUT2D eigenvalue weighted by Crippen LogP contribution is 2.11. The lowest BCUT2D eigenvalue weighted by atomic mass is 10.5. The SMILES string of the molecule is O=[N+]([O-])c1cnn(Cc2nc(CO)cs2)n1. The Labute approximate surface area is 93.3 Å². The highest BCUT2D eigenvalue weighted by atomic mass is 32.1. The van der Waals surface area contributed by atoms with Gasteiger partial charge in [-0.05, 0) is 4.92 Å². The lowest BCUT2D eigenvalue weighted by Gasteiger charge is -1.89. The predicted molar refractivity (Wildman–Crippen MR) is 53.8 cm³/mol. The van der Waals surface area contributed by atoms with Gasteiger partial charge >= 0.3 is 5.82 Å². The fraction of sp³-hybridized carbons (Fsp3) is 0.286. The van der Waals surface area contributed by atoms with Crippen molar-refractivity contribution in [3.05, 3.63) is 32.4 Å². The minimum absolute atomic E-state index is 0.122. The van der Waals surface area contributed by atoms with E-state index in [0.717, 1.165) is 6.20 Å². The van der Waals surface area contributed by atoms with E-state index in [1.54, 1.807) is 5.38 Å². The second kappa shape index (κ2) is 4.33. The molecule has 0 aliphatic heterocycles. The molecule has 9 heteroatoms. The molecule has 1 N–H and O–H groups in total. The van der Waals surface area contributed by atoms with Crippen LogP contribution in [0, 0.1) is 10.1 Å². The number of nitrogens with zero attached hydrogens (tertiary/aromatic N) is 5. The fourth-order valence-electron chi connectivity index (χ4n) is 1.06. The summed E-state index contributed by atoms with van der Waals surface area (Å²) in [7, 11) is 0. The molecule has 0 saturated heterocycles. The zero-order chi connectivity index (χ0) is 11.5. The molecule has 16 heavy (non-hydrogen) atoms. The molecule has 0 saturated carbocycles. The molecule has 0 radical (unpaired) electrons. The first-order valence-corrected chi connectivity index (χ1v) is 5.15. The molecule has 0 aliphatic rings. The van der Waals surface area contributed by atoms with E-state index >= 15 is 0 Å². The smallest absolute Gasteiger partial charge is 0.390 e. The van der Waals surface area contributed by atoms with Crippen molar-refractivity contribution < 1.29 is 10.0 Å². The lowest BCUT2D eigenvalue weighted by molar-refractivity contribution is -0.389. The van der Waals surface area contributed by atoms with E-state index in [9.17, 15) is 10.1 Å². The van der Waals surface area contributed by atoms with Gasteiger partial charge < -0.3 is 15.2 Å². The zero-order valence-electron chi connectivity index (χ0n) is 7.98. The Kier molecular flexibility index (Phi) is 2.88. The van der Waals surface area contributed by atoms with Crippen molar-refractivity contribution >= 4 is 17.2 Å². The molecule has 0 unspecified atom stereocenters. The molecule has 2 aromatic rings. The monoisotopic (exact) mass is 241 g/mol. The first-order valence-electron chi connectivity index (χ1n) is 4.27. The Morgan fingerprint density at radius 3 is 3.00 bits per heavy atom. The van der Waals surface area contributed by atoms with Crippen LogP contribution in [0.5, 0.6) is 0 Å². The lowest BCUT2D eigenvalue weighted by Crippen LogP contribution is -2.04. The van der Waals surface area contributed by atoms with Crippen LogP contribution in [-0.4, -0.2) is 30.0 Å². The predicted octanol–water partition coefficient (Wildman–Crippen LogP) is 0.183. The Morgan fingerprint density at radius 1 is 1.62 bits per heavy atom. The molecule has 2 aromatic heterocycles. The van der Waals surface area contributed by atoms with Gasteiger partial charge in [-0.15, -0.1) is 16.4 Å². The minimum atomic E-state index is -0.607. The van der Waals surface area contributed by atoms with Crippen molar-refractivity contribution in [2.75, 3.05) is 0 Å². The van der Waals surface area contributed by atoms with E-state index in [0.29, 0.717) is 10.7 Å². The van der Waals surface area contributed by atoms with Gasteiger partial charge in [-0.3, -0.25) is 0 Å². The first kappa shape index (κ1) is 10.6. The van der Waals surface area contributed by atoms with Crippen molar-refractivity contribution in [1.82, 2.24) is 20.0 Å². The maximum atomic E-state index is 10.4. The number of nitro groups is 1. The van der Waals surface area contributed by atoms with Crippen molar-refractivity contribution in [3.63, 3.8) is 0 Å². The van der Waals surface area contributed by atoms with Crippen LogP contribution >= 0.6 is 11.3 Å². The second-order valence-electron chi connectivity index (χ2n) is 2.88. The van der Waals surface area contributed by atoms with Crippen LogP contribution in [0.3, 0.4) is 0 Å². The third-order valence-corrected chi connectivity index (χ3v) is 2.63. The molecule has 0 aliphatic carbocycles. The van der Waals surface area contributed by atoms with Gasteiger partial charge in [-0.2, -0.15) is 0 Å². The summed E-state index contributed by atoms with van der Waals surface area (Å²) in [6.07, 6.45) is 1.08. The highest BCUT2D eigenvalue weighted by molar-refractivity contribution is 7.09. The molecule has 0 bridgehead atoms. The first-order chi connectivity index (χ1) is 7.69. The van der Waals surface area contributed by atoms with Gasteiger partial charge in [-0.1, -0.05) is 4.80 Å². The average molecular weight is 241 g/mol. The van der Waals surface area contributed by atoms with Crippen molar-refractivity contribution in [2.45, 2.75) is 13.2 Å². The van der Waals surface area contributed by atoms with Crippen LogP contribution in [0.15, 0.2) is 11.6 Å². The molecule has 2 rings (SSSR count). The molecule has 2 heterocycles. The summed E-state index contributed by atoms with van der Waals surface area (Å²) in [4.78, 5) is 15.0.